The summed E-state index contributed by atoms with van der Waals surface area (Å²) >= 11 is 9.77. The van der Waals surface area contributed by atoms with Crippen LogP contribution in [0.5, 0.6) is 0 Å². The molecule has 0 N–H and O–H groups in total. The first-order valence-corrected chi connectivity index (χ1v) is 9.14. The van der Waals surface area contributed by atoms with Crippen molar-refractivity contribution >= 4 is 38.4 Å². The summed E-state index contributed by atoms with van der Waals surface area (Å²) in [6, 6.07) is 15.2. The minimum atomic E-state index is -0.0411. The van der Waals surface area contributed by atoms with Gasteiger partial charge in [-0.05, 0) is 29.7 Å². The van der Waals surface area contributed by atoms with Crippen LogP contribution >= 0.6 is 27.5 Å². The highest BCUT2D eigenvalue weighted by Gasteiger charge is 2.20. The van der Waals surface area contributed by atoms with Crippen molar-refractivity contribution in [2.24, 2.45) is 5.92 Å². The van der Waals surface area contributed by atoms with E-state index in [1.807, 2.05) is 30.3 Å². The lowest BCUT2D eigenvalue weighted by Gasteiger charge is -2.20. The molecular formula is C19H18BrClN2O. The lowest BCUT2D eigenvalue weighted by molar-refractivity contribution is 0.569. The van der Waals surface area contributed by atoms with Crippen LogP contribution in [0.15, 0.2) is 53.3 Å². The van der Waals surface area contributed by atoms with Gasteiger partial charge >= 0.3 is 0 Å². The van der Waals surface area contributed by atoms with E-state index in [9.17, 15) is 4.79 Å². The summed E-state index contributed by atoms with van der Waals surface area (Å²) in [5.41, 5.74) is 1.66. The summed E-state index contributed by atoms with van der Waals surface area (Å²) in [7, 11) is 0. The molecule has 1 aromatic heterocycles. The molecule has 5 heteroatoms. The Bertz CT molecular complexity index is 922. The van der Waals surface area contributed by atoms with Gasteiger partial charge in [0.1, 0.15) is 5.82 Å². The van der Waals surface area contributed by atoms with Gasteiger partial charge in [0.15, 0.2) is 0 Å². The first-order chi connectivity index (χ1) is 11.5. The summed E-state index contributed by atoms with van der Waals surface area (Å²) in [5, 5.41) is 1.17. The Balaban J connectivity index is 2.24. The van der Waals surface area contributed by atoms with Crippen molar-refractivity contribution in [1.29, 1.82) is 0 Å². The number of hydrogen-bond acceptors (Lipinski definition) is 2. The first kappa shape index (κ1) is 17.2. The van der Waals surface area contributed by atoms with Gasteiger partial charge in [0.05, 0.1) is 22.3 Å². The highest BCUT2D eigenvalue weighted by molar-refractivity contribution is 9.09. The molecule has 2 aromatic carbocycles. The second kappa shape index (κ2) is 7.08. The van der Waals surface area contributed by atoms with E-state index in [-0.39, 0.29) is 10.4 Å². The molecule has 3 nitrogen and oxygen atoms in total. The molecule has 0 aliphatic rings. The Labute approximate surface area is 154 Å². The normalized spacial score (nSPS) is 12.7. The van der Waals surface area contributed by atoms with E-state index in [1.54, 1.807) is 22.8 Å². The first-order valence-electron chi connectivity index (χ1n) is 7.85. The third kappa shape index (κ3) is 3.40. The van der Waals surface area contributed by atoms with Crippen molar-refractivity contribution in [3.05, 3.63) is 75.3 Å². The quantitative estimate of drug-likeness (QED) is 0.560. The molecule has 1 atom stereocenters. The topological polar surface area (TPSA) is 34.9 Å². The van der Waals surface area contributed by atoms with Crippen LogP contribution in [0, 0.1) is 5.92 Å². The van der Waals surface area contributed by atoms with E-state index in [4.69, 9.17) is 16.6 Å². The molecule has 0 aliphatic carbocycles. The zero-order chi connectivity index (χ0) is 17.3. The molecule has 1 heterocycles. The fourth-order valence-corrected chi connectivity index (χ4v) is 3.15. The number of hydrogen-bond donors (Lipinski definition) is 0. The molecule has 0 radical (unpaired) electrons. The highest BCUT2D eigenvalue weighted by atomic mass is 79.9. The molecule has 0 amide bonds. The standard InChI is InChI=1S/C19H18BrClN2O/c1-12(2)17(20)18-22-16-10-14(21)8-9-15(16)19(24)23(18)11-13-6-4-3-5-7-13/h3-10,12,17H,11H2,1-2H3/t17-/m0/s1. The molecule has 0 unspecified atom stereocenters. The van der Waals surface area contributed by atoms with Gasteiger partial charge in [-0.15, -0.1) is 0 Å². The average molecular weight is 406 g/mol. The van der Waals surface area contributed by atoms with Gasteiger partial charge in [-0.2, -0.15) is 0 Å². The average Bonchev–Trinajstić information content (AvgIpc) is 2.57. The van der Waals surface area contributed by atoms with Gasteiger partial charge in [0, 0.05) is 5.02 Å². The SMILES string of the molecule is CC(C)[C@H](Br)c1nc2cc(Cl)ccc2c(=O)n1Cc1ccccc1. The maximum atomic E-state index is 13.1. The maximum absolute atomic E-state index is 13.1. The number of rotatable bonds is 4. The van der Waals surface area contributed by atoms with Gasteiger partial charge in [-0.3, -0.25) is 9.36 Å². The van der Waals surface area contributed by atoms with Crippen LogP contribution in [0.25, 0.3) is 10.9 Å². The minimum absolute atomic E-state index is 0.0164. The smallest absolute Gasteiger partial charge is 0.261 e. The van der Waals surface area contributed by atoms with Gasteiger partial charge in [-0.25, -0.2) is 4.98 Å². The summed E-state index contributed by atoms with van der Waals surface area (Å²) in [5.74, 6) is 1.03. The van der Waals surface area contributed by atoms with Crippen LogP contribution < -0.4 is 5.56 Å². The minimum Gasteiger partial charge on any atom is -0.291 e. The number of halogens is 2. The Kier molecular flexibility index (Phi) is 5.07. The van der Waals surface area contributed by atoms with Crippen LogP contribution in [-0.4, -0.2) is 9.55 Å². The van der Waals surface area contributed by atoms with Crippen LogP contribution in [-0.2, 0) is 6.54 Å². The molecule has 3 aromatic rings. The highest BCUT2D eigenvalue weighted by Crippen LogP contribution is 2.30. The van der Waals surface area contributed by atoms with E-state index < -0.39 is 0 Å². The number of fused-ring (bicyclic) bond motifs is 1. The molecule has 0 saturated heterocycles. The molecule has 0 aliphatic heterocycles. The van der Waals surface area contributed by atoms with Crippen LogP contribution in [0.3, 0.4) is 0 Å². The Hall–Kier alpha value is -1.65. The molecule has 0 saturated carbocycles. The predicted molar refractivity (Wildman–Crippen MR) is 103 cm³/mol. The van der Waals surface area contributed by atoms with Crippen LogP contribution in [0.2, 0.25) is 5.02 Å². The molecule has 3 rings (SSSR count). The Morgan fingerprint density at radius 1 is 1.17 bits per heavy atom. The zero-order valence-electron chi connectivity index (χ0n) is 13.5. The number of benzene rings is 2. The third-order valence-electron chi connectivity index (χ3n) is 3.96. The predicted octanol–water partition coefficient (Wildman–Crippen LogP) is 5.19. The number of aromatic nitrogens is 2. The monoisotopic (exact) mass is 404 g/mol. The maximum Gasteiger partial charge on any atom is 0.261 e. The Morgan fingerprint density at radius 3 is 2.54 bits per heavy atom. The number of alkyl halides is 1. The summed E-state index contributed by atoms with van der Waals surface area (Å²) in [6.07, 6.45) is 0. The molecule has 0 spiro atoms. The molecule has 24 heavy (non-hydrogen) atoms. The van der Waals surface area contributed by atoms with Gasteiger partial charge in [0.2, 0.25) is 0 Å². The zero-order valence-corrected chi connectivity index (χ0v) is 15.9. The summed E-state index contributed by atoms with van der Waals surface area (Å²) < 4.78 is 1.75. The van der Waals surface area contributed by atoms with Gasteiger partial charge < -0.3 is 0 Å². The van der Waals surface area contributed by atoms with Crippen LogP contribution in [0.1, 0.15) is 30.1 Å². The fourth-order valence-electron chi connectivity index (χ4n) is 2.64. The molecule has 0 bridgehead atoms. The van der Waals surface area contributed by atoms with E-state index >= 15 is 0 Å². The third-order valence-corrected chi connectivity index (χ3v) is 5.66. The lowest BCUT2D eigenvalue weighted by Crippen LogP contribution is -2.27. The molecular weight excluding hydrogens is 388 g/mol. The molecule has 124 valence electrons. The van der Waals surface area contributed by atoms with Crippen LogP contribution in [0.4, 0.5) is 0 Å². The van der Waals surface area contributed by atoms with Crippen molar-refractivity contribution in [2.45, 2.75) is 25.2 Å². The second-order valence-electron chi connectivity index (χ2n) is 6.15. The van der Waals surface area contributed by atoms with E-state index in [0.717, 1.165) is 11.4 Å². The molecule has 0 fully saturated rings. The van der Waals surface area contributed by atoms with E-state index in [1.165, 1.54) is 0 Å². The summed E-state index contributed by atoms with van der Waals surface area (Å²) in [6.45, 7) is 4.69. The fraction of sp³-hybridized carbons (Fsp3) is 0.263. The van der Waals surface area contributed by atoms with Gasteiger partial charge in [-0.1, -0.05) is 71.7 Å². The Morgan fingerprint density at radius 2 is 1.88 bits per heavy atom. The van der Waals surface area contributed by atoms with Crippen molar-refractivity contribution in [3.63, 3.8) is 0 Å². The summed E-state index contributed by atoms with van der Waals surface area (Å²) in [4.78, 5) is 17.8. The van der Waals surface area contributed by atoms with E-state index in [2.05, 4.69) is 29.8 Å². The lowest BCUT2D eigenvalue weighted by atomic mass is 10.1. The second-order valence-corrected chi connectivity index (χ2v) is 7.58. The van der Waals surface area contributed by atoms with Crippen molar-refractivity contribution in [2.75, 3.05) is 0 Å². The number of nitrogens with zero attached hydrogens (tertiary/aromatic N) is 2. The van der Waals surface area contributed by atoms with Crippen molar-refractivity contribution in [3.8, 4) is 0 Å². The largest absolute Gasteiger partial charge is 0.291 e. The van der Waals surface area contributed by atoms with Crippen molar-refractivity contribution in [1.82, 2.24) is 9.55 Å². The van der Waals surface area contributed by atoms with Gasteiger partial charge in [0.25, 0.3) is 5.56 Å². The van der Waals surface area contributed by atoms with E-state index in [0.29, 0.717) is 28.4 Å². The van der Waals surface area contributed by atoms with Crippen molar-refractivity contribution < 1.29 is 0 Å².